The average molecular weight is 156 g/mol. The van der Waals surface area contributed by atoms with Gasteiger partial charge in [-0.05, 0) is 12.3 Å². The number of rotatable bonds is 4. The Morgan fingerprint density at radius 1 is 1.64 bits per heavy atom. The molecule has 0 fully saturated rings. The van der Waals surface area contributed by atoms with Crippen LogP contribution < -0.4 is 0 Å². The topological polar surface area (TPSA) is 32.7 Å². The Labute approximate surface area is 68.1 Å². The molecular weight excluding hydrogens is 140 g/mol. The molecule has 1 amide bonds. The van der Waals surface area contributed by atoms with Crippen LogP contribution in [0.1, 0.15) is 27.2 Å². The quantitative estimate of drug-likeness (QED) is 0.345. The van der Waals surface area contributed by atoms with Crippen molar-refractivity contribution in [2.45, 2.75) is 27.2 Å². The molecule has 0 heterocycles. The fourth-order valence-electron chi connectivity index (χ4n) is 0.821. The molecule has 0 unspecified atom stereocenters. The smallest absolute Gasteiger partial charge is 0.229 e. The van der Waals surface area contributed by atoms with Gasteiger partial charge in [0, 0.05) is 12.8 Å². The highest BCUT2D eigenvalue weighted by atomic mass is 16.1. The molecule has 0 bridgehead atoms. The van der Waals surface area contributed by atoms with Gasteiger partial charge in [-0.3, -0.25) is 4.79 Å². The largest absolute Gasteiger partial charge is 0.277 e. The second kappa shape index (κ2) is 4.88. The van der Waals surface area contributed by atoms with Crippen LogP contribution in [0.3, 0.4) is 0 Å². The van der Waals surface area contributed by atoms with Gasteiger partial charge in [-0.1, -0.05) is 20.8 Å². The van der Waals surface area contributed by atoms with E-state index in [1.165, 1.54) is 5.01 Å². The van der Waals surface area contributed by atoms with Crippen molar-refractivity contribution < 1.29 is 4.79 Å². The number of carbonyl (C=O) groups is 1. The van der Waals surface area contributed by atoms with Gasteiger partial charge in [-0.25, -0.2) is 5.01 Å². The lowest BCUT2D eigenvalue weighted by Crippen LogP contribution is -2.15. The van der Waals surface area contributed by atoms with Gasteiger partial charge in [-0.15, -0.1) is 0 Å². The molecule has 0 aromatic carbocycles. The zero-order valence-electron chi connectivity index (χ0n) is 7.66. The minimum absolute atomic E-state index is 0.419. The first-order valence-electron chi connectivity index (χ1n) is 3.87. The summed E-state index contributed by atoms with van der Waals surface area (Å²) in [4.78, 5) is 10.2. The molecule has 0 saturated carbocycles. The first kappa shape index (κ1) is 10.1. The van der Waals surface area contributed by atoms with Crippen LogP contribution in [0.5, 0.6) is 0 Å². The van der Waals surface area contributed by atoms with Crippen LogP contribution in [0.15, 0.2) is 5.10 Å². The highest BCUT2D eigenvalue weighted by molar-refractivity contribution is 5.86. The fourth-order valence-corrected chi connectivity index (χ4v) is 0.821. The molecule has 0 N–H and O–H groups in total. The van der Waals surface area contributed by atoms with Gasteiger partial charge < -0.3 is 0 Å². The molecular formula is C8H16N2O. The highest BCUT2D eigenvalue weighted by Gasteiger charge is 2.02. The van der Waals surface area contributed by atoms with Gasteiger partial charge in [0.1, 0.15) is 0 Å². The first-order valence-corrected chi connectivity index (χ1v) is 3.87. The Hall–Kier alpha value is -0.860. The van der Waals surface area contributed by atoms with E-state index in [-0.39, 0.29) is 0 Å². The predicted molar refractivity (Wildman–Crippen MR) is 46.4 cm³/mol. The normalized spacial score (nSPS) is 11.9. The molecule has 0 saturated heterocycles. The molecule has 0 aromatic heterocycles. The van der Waals surface area contributed by atoms with E-state index >= 15 is 0 Å². The Morgan fingerprint density at radius 2 is 2.18 bits per heavy atom. The molecule has 11 heavy (non-hydrogen) atoms. The van der Waals surface area contributed by atoms with Crippen LogP contribution in [0.4, 0.5) is 0 Å². The monoisotopic (exact) mass is 156 g/mol. The minimum atomic E-state index is 0.419. The molecule has 0 aromatic rings. The van der Waals surface area contributed by atoms with E-state index < -0.39 is 0 Å². The van der Waals surface area contributed by atoms with Gasteiger partial charge in [0.25, 0.3) is 0 Å². The summed E-state index contributed by atoms with van der Waals surface area (Å²) in [6, 6.07) is 0. The third kappa shape index (κ3) is 3.75. The van der Waals surface area contributed by atoms with Gasteiger partial charge >= 0.3 is 0 Å². The maximum Gasteiger partial charge on any atom is 0.229 e. The number of nitrogens with zero attached hydrogens (tertiary/aromatic N) is 2. The Bertz CT molecular complexity index is 152. The SMILES string of the molecule is CC/C(=N\N(C)C=O)C(C)C. The summed E-state index contributed by atoms with van der Waals surface area (Å²) in [7, 11) is 1.64. The lowest BCUT2D eigenvalue weighted by Gasteiger charge is -2.10. The van der Waals surface area contributed by atoms with E-state index in [0.717, 1.165) is 12.1 Å². The van der Waals surface area contributed by atoms with Gasteiger partial charge in [0.05, 0.1) is 0 Å². The van der Waals surface area contributed by atoms with Crippen molar-refractivity contribution in [2.75, 3.05) is 7.05 Å². The molecule has 0 atom stereocenters. The molecule has 0 aliphatic rings. The summed E-state index contributed by atoms with van der Waals surface area (Å²) < 4.78 is 0. The number of hydrogen-bond donors (Lipinski definition) is 0. The van der Waals surface area contributed by atoms with Crippen molar-refractivity contribution in [2.24, 2.45) is 11.0 Å². The lowest BCUT2D eigenvalue weighted by molar-refractivity contribution is -0.117. The summed E-state index contributed by atoms with van der Waals surface area (Å²) in [6.45, 7) is 6.18. The molecule has 64 valence electrons. The van der Waals surface area contributed by atoms with Crippen LogP contribution >= 0.6 is 0 Å². The van der Waals surface area contributed by atoms with E-state index in [1.807, 2.05) is 6.92 Å². The second-order valence-electron chi connectivity index (χ2n) is 2.78. The summed E-state index contributed by atoms with van der Waals surface area (Å²) in [5.74, 6) is 0.419. The third-order valence-electron chi connectivity index (χ3n) is 1.47. The van der Waals surface area contributed by atoms with Crippen LogP contribution in [0, 0.1) is 5.92 Å². The van der Waals surface area contributed by atoms with Crippen molar-refractivity contribution in [1.82, 2.24) is 5.01 Å². The molecule has 0 spiro atoms. The maximum absolute atomic E-state index is 10.2. The number of hydrazone groups is 1. The van der Waals surface area contributed by atoms with Gasteiger partial charge in [0.15, 0.2) is 0 Å². The van der Waals surface area contributed by atoms with Crippen molar-refractivity contribution in [3.63, 3.8) is 0 Å². The van der Waals surface area contributed by atoms with E-state index in [1.54, 1.807) is 7.05 Å². The van der Waals surface area contributed by atoms with Crippen LogP contribution in [0.2, 0.25) is 0 Å². The van der Waals surface area contributed by atoms with E-state index in [4.69, 9.17) is 0 Å². The molecule has 3 heteroatoms. The van der Waals surface area contributed by atoms with Crippen molar-refractivity contribution in [1.29, 1.82) is 0 Å². The summed E-state index contributed by atoms with van der Waals surface area (Å²) >= 11 is 0. The minimum Gasteiger partial charge on any atom is -0.277 e. The Morgan fingerprint density at radius 3 is 2.45 bits per heavy atom. The summed E-state index contributed by atoms with van der Waals surface area (Å²) in [6.07, 6.45) is 1.61. The second-order valence-corrected chi connectivity index (χ2v) is 2.78. The molecule has 0 aliphatic heterocycles. The first-order chi connectivity index (χ1) is 5.11. The molecule has 0 aliphatic carbocycles. The number of carbonyl (C=O) groups excluding carboxylic acids is 1. The maximum atomic E-state index is 10.2. The lowest BCUT2D eigenvalue weighted by atomic mass is 10.1. The van der Waals surface area contributed by atoms with Crippen LogP contribution in [-0.4, -0.2) is 24.2 Å². The molecule has 0 rings (SSSR count). The highest BCUT2D eigenvalue weighted by Crippen LogP contribution is 2.01. The van der Waals surface area contributed by atoms with E-state index in [2.05, 4.69) is 18.9 Å². The summed E-state index contributed by atoms with van der Waals surface area (Å²) in [5.41, 5.74) is 1.06. The Kier molecular flexibility index (Phi) is 4.50. The number of amides is 1. The Balaban J connectivity index is 4.21. The van der Waals surface area contributed by atoms with E-state index in [9.17, 15) is 4.79 Å². The summed E-state index contributed by atoms with van der Waals surface area (Å²) in [5, 5.41) is 5.40. The van der Waals surface area contributed by atoms with Gasteiger partial charge in [-0.2, -0.15) is 5.10 Å². The fraction of sp³-hybridized carbons (Fsp3) is 0.750. The van der Waals surface area contributed by atoms with Crippen LogP contribution in [0.25, 0.3) is 0 Å². The third-order valence-corrected chi connectivity index (χ3v) is 1.47. The predicted octanol–water partition coefficient (Wildman–Crippen LogP) is 1.50. The van der Waals surface area contributed by atoms with Crippen LogP contribution in [-0.2, 0) is 4.79 Å². The van der Waals surface area contributed by atoms with E-state index in [0.29, 0.717) is 12.3 Å². The zero-order valence-corrected chi connectivity index (χ0v) is 7.66. The van der Waals surface area contributed by atoms with Gasteiger partial charge in [0.2, 0.25) is 6.41 Å². The molecule has 3 nitrogen and oxygen atoms in total. The number of hydrogen-bond acceptors (Lipinski definition) is 2. The molecule has 0 radical (unpaired) electrons. The van der Waals surface area contributed by atoms with Crippen molar-refractivity contribution in [3.8, 4) is 0 Å². The standard InChI is InChI=1S/C8H16N2O/c1-5-8(7(2)3)9-10(4)6-11/h6-7H,5H2,1-4H3/b9-8+. The van der Waals surface area contributed by atoms with Crippen molar-refractivity contribution in [3.05, 3.63) is 0 Å². The van der Waals surface area contributed by atoms with Crippen molar-refractivity contribution >= 4 is 12.1 Å². The average Bonchev–Trinajstić information content (AvgIpc) is 1.99. The zero-order chi connectivity index (χ0) is 8.85.